The quantitative estimate of drug-likeness (QED) is 0.762. The van der Waals surface area contributed by atoms with Gasteiger partial charge in [0, 0.05) is 6.42 Å². The number of aryl methyl sites for hydroxylation is 1. The van der Waals surface area contributed by atoms with E-state index in [0.717, 1.165) is 5.56 Å². The lowest BCUT2D eigenvalue weighted by molar-refractivity contribution is -0.122. The van der Waals surface area contributed by atoms with Crippen LogP contribution in [0.1, 0.15) is 18.9 Å². The van der Waals surface area contributed by atoms with Gasteiger partial charge in [-0.05, 0) is 31.0 Å². The van der Waals surface area contributed by atoms with Crippen LogP contribution in [-0.2, 0) is 16.0 Å². The molecule has 1 aliphatic rings. The van der Waals surface area contributed by atoms with E-state index in [2.05, 4.69) is 0 Å². The summed E-state index contributed by atoms with van der Waals surface area (Å²) in [5.41, 5.74) is 1.45. The number of fused-ring (bicyclic) bond motifs is 1. The van der Waals surface area contributed by atoms with Crippen LogP contribution in [0.2, 0.25) is 0 Å². The normalized spacial score (nSPS) is 14.9. The Hall–Kier alpha value is -1.71. The standard InChI is InChI=1S/C12H12FNO2/c1-8(15)7-14-11-6-10(13)4-2-9(11)3-5-12(14)16/h2,4,6H,3,5,7H2,1H3. The van der Waals surface area contributed by atoms with Crippen molar-refractivity contribution in [3.63, 3.8) is 0 Å². The van der Waals surface area contributed by atoms with Crippen LogP contribution in [0.3, 0.4) is 0 Å². The molecule has 2 rings (SSSR count). The Labute approximate surface area is 92.9 Å². The summed E-state index contributed by atoms with van der Waals surface area (Å²) in [6.07, 6.45) is 0.995. The molecule has 84 valence electrons. The van der Waals surface area contributed by atoms with Crippen molar-refractivity contribution in [3.05, 3.63) is 29.6 Å². The number of carbonyl (C=O) groups excluding carboxylic acids is 2. The van der Waals surface area contributed by atoms with Gasteiger partial charge in [-0.15, -0.1) is 0 Å². The third-order valence-electron chi connectivity index (χ3n) is 2.63. The average molecular weight is 221 g/mol. The molecule has 0 aromatic heterocycles. The molecule has 0 fully saturated rings. The number of benzene rings is 1. The highest BCUT2D eigenvalue weighted by molar-refractivity contribution is 6.00. The van der Waals surface area contributed by atoms with Crippen LogP contribution in [0.15, 0.2) is 18.2 Å². The Balaban J connectivity index is 2.42. The van der Waals surface area contributed by atoms with E-state index in [1.54, 1.807) is 6.07 Å². The van der Waals surface area contributed by atoms with E-state index >= 15 is 0 Å². The summed E-state index contributed by atoms with van der Waals surface area (Å²) in [6, 6.07) is 4.36. The summed E-state index contributed by atoms with van der Waals surface area (Å²) in [6.45, 7) is 1.44. The maximum atomic E-state index is 13.1. The number of amides is 1. The third-order valence-corrected chi connectivity index (χ3v) is 2.63. The van der Waals surface area contributed by atoms with Crippen LogP contribution < -0.4 is 4.90 Å². The van der Waals surface area contributed by atoms with Gasteiger partial charge in [-0.25, -0.2) is 4.39 Å². The van der Waals surface area contributed by atoms with Crippen molar-refractivity contribution in [1.29, 1.82) is 0 Å². The zero-order valence-corrected chi connectivity index (χ0v) is 9.00. The molecule has 1 aromatic carbocycles. The fourth-order valence-corrected chi connectivity index (χ4v) is 1.91. The maximum absolute atomic E-state index is 13.1. The first-order chi connectivity index (χ1) is 7.58. The van der Waals surface area contributed by atoms with Crippen molar-refractivity contribution >= 4 is 17.4 Å². The van der Waals surface area contributed by atoms with Gasteiger partial charge >= 0.3 is 0 Å². The highest BCUT2D eigenvalue weighted by Gasteiger charge is 2.25. The summed E-state index contributed by atoms with van der Waals surface area (Å²) >= 11 is 0. The molecule has 0 aliphatic carbocycles. The van der Waals surface area contributed by atoms with Gasteiger partial charge in [0.15, 0.2) is 0 Å². The van der Waals surface area contributed by atoms with Gasteiger partial charge in [-0.2, -0.15) is 0 Å². The van der Waals surface area contributed by atoms with Crippen LogP contribution in [0, 0.1) is 5.82 Å². The van der Waals surface area contributed by atoms with Gasteiger partial charge in [0.05, 0.1) is 12.2 Å². The van der Waals surface area contributed by atoms with Gasteiger partial charge in [0.2, 0.25) is 5.91 Å². The van der Waals surface area contributed by atoms with E-state index < -0.39 is 0 Å². The number of hydrogen-bond donors (Lipinski definition) is 0. The predicted octanol–water partition coefficient (Wildman–Crippen LogP) is 1.69. The van der Waals surface area contributed by atoms with E-state index in [0.29, 0.717) is 18.5 Å². The largest absolute Gasteiger partial charge is 0.305 e. The van der Waals surface area contributed by atoms with Crippen molar-refractivity contribution in [2.45, 2.75) is 19.8 Å². The van der Waals surface area contributed by atoms with E-state index in [1.807, 2.05) is 0 Å². The van der Waals surface area contributed by atoms with E-state index in [-0.39, 0.29) is 24.1 Å². The van der Waals surface area contributed by atoms with Crippen LogP contribution in [-0.4, -0.2) is 18.2 Å². The third kappa shape index (κ3) is 1.96. The number of rotatable bonds is 2. The smallest absolute Gasteiger partial charge is 0.227 e. The predicted molar refractivity (Wildman–Crippen MR) is 57.8 cm³/mol. The molecule has 0 bridgehead atoms. The van der Waals surface area contributed by atoms with Crippen molar-refractivity contribution in [2.24, 2.45) is 0 Å². The van der Waals surface area contributed by atoms with Gasteiger partial charge in [0.25, 0.3) is 0 Å². The van der Waals surface area contributed by atoms with E-state index in [4.69, 9.17) is 0 Å². The highest BCUT2D eigenvalue weighted by Crippen LogP contribution is 2.28. The second-order valence-corrected chi connectivity index (χ2v) is 3.95. The Bertz CT molecular complexity index is 456. The van der Waals surface area contributed by atoms with Crippen LogP contribution in [0.4, 0.5) is 10.1 Å². The summed E-state index contributed by atoms with van der Waals surface area (Å²) in [5, 5.41) is 0. The molecule has 1 heterocycles. The van der Waals surface area contributed by atoms with Gasteiger partial charge in [-0.3, -0.25) is 9.59 Å². The molecule has 1 aliphatic heterocycles. The molecule has 0 spiro atoms. The number of anilines is 1. The monoisotopic (exact) mass is 221 g/mol. The molecule has 3 nitrogen and oxygen atoms in total. The van der Waals surface area contributed by atoms with Crippen molar-refractivity contribution in [3.8, 4) is 0 Å². The topological polar surface area (TPSA) is 37.4 Å². The summed E-state index contributed by atoms with van der Waals surface area (Å²) in [5.74, 6) is -0.610. The lowest BCUT2D eigenvalue weighted by atomic mass is 10.0. The number of ketones is 1. The molecule has 0 atom stereocenters. The number of halogens is 1. The van der Waals surface area contributed by atoms with Crippen LogP contribution in [0.5, 0.6) is 0 Å². The van der Waals surface area contributed by atoms with E-state index in [1.165, 1.54) is 24.0 Å². The maximum Gasteiger partial charge on any atom is 0.227 e. The molecule has 1 amide bonds. The molecule has 0 N–H and O–H groups in total. The summed E-state index contributed by atoms with van der Waals surface area (Å²) < 4.78 is 13.1. The second kappa shape index (κ2) is 4.04. The highest BCUT2D eigenvalue weighted by atomic mass is 19.1. The zero-order valence-electron chi connectivity index (χ0n) is 9.00. The molecular formula is C12H12FNO2. The van der Waals surface area contributed by atoms with Crippen LogP contribution >= 0.6 is 0 Å². The Morgan fingerprint density at radius 2 is 2.19 bits per heavy atom. The van der Waals surface area contributed by atoms with Crippen molar-refractivity contribution < 1.29 is 14.0 Å². The van der Waals surface area contributed by atoms with Gasteiger partial charge in [0.1, 0.15) is 11.6 Å². The number of carbonyl (C=O) groups is 2. The molecule has 0 saturated heterocycles. The lowest BCUT2D eigenvalue weighted by Crippen LogP contribution is -2.38. The number of nitrogens with zero attached hydrogens (tertiary/aromatic N) is 1. The Morgan fingerprint density at radius 3 is 2.88 bits per heavy atom. The average Bonchev–Trinajstić information content (AvgIpc) is 2.22. The summed E-state index contributed by atoms with van der Waals surface area (Å²) in [4.78, 5) is 24.1. The molecule has 1 aromatic rings. The van der Waals surface area contributed by atoms with Gasteiger partial charge < -0.3 is 4.90 Å². The minimum Gasteiger partial charge on any atom is -0.305 e. The Morgan fingerprint density at radius 1 is 1.44 bits per heavy atom. The van der Waals surface area contributed by atoms with Crippen molar-refractivity contribution in [2.75, 3.05) is 11.4 Å². The van der Waals surface area contributed by atoms with E-state index in [9.17, 15) is 14.0 Å². The number of Topliss-reactive ketones (excluding diaryl/α,β-unsaturated/α-hetero) is 1. The minimum atomic E-state index is -0.387. The first-order valence-electron chi connectivity index (χ1n) is 5.16. The SMILES string of the molecule is CC(=O)CN1C(=O)CCc2ccc(F)cc21. The summed E-state index contributed by atoms with van der Waals surface area (Å²) in [7, 11) is 0. The fourth-order valence-electron chi connectivity index (χ4n) is 1.91. The number of hydrogen-bond acceptors (Lipinski definition) is 2. The van der Waals surface area contributed by atoms with Crippen LogP contribution in [0.25, 0.3) is 0 Å². The van der Waals surface area contributed by atoms with Gasteiger partial charge in [-0.1, -0.05) is 6.07 Å². The first-order valence-corrected chi connectivity index (χ1v) is 5.16. The zero-order chi connectivity index (χ0) is 11.7. The molecule has 0 unspecified atom stereocenters. The first kappa shape index (κ1) is 10.8. The molecule has 0 saturated carbocycles. The van der Waals surface area contributed by atoms with Crippen molar-refractivity contribution in [1.82, 2.24) is 0 Å². The lowest BCUT2D eigenvalue weighted by Gasteiger charge is -2.28. The molecular weight excluding hydrogens is 209 g/mol. The molecule has 0 radical (unpaired) electrons. The molecule has 4 heteroatoms. The fraction of sp³-hybridized carbons (Fsp3) is 0.333. The molecule has 16 heavy (non-hydrogen) atoms. The Kier molecular flexibility index (Phi) is 2.73. The second-order valence-electron chi connectivity index (χ2n) is 3.95. The minimum absolute atomic E-state index is 0.0231.